The van der Waals surface area contributed by atoms with E-state index in [-0.39, 0.29) is 11.9 Å². The molecule has 74 heavy (non-hydrogen) atoms. The topological polar surface area (TPSA) is 52.6 Å². The lowest BCUT2D eigenvalue weighted by atomic mass is 10.0. The van der Waals surface area contributed by atoms with Gasteiger partial charge in [-0.25, -0.2) is 0 Å². The Balaban J connectivity index is 0. The Hall–Kier alpha value is -1.06. The van der Waals surface area contributed by atoms with Crippen LogP contribution in [0, 0.1) is 0 Å². The van der Waals surface area contributed by atoms with Crippen molar-refractivity contribution in [3.63, 3.8) is 0 Å². The molecule has 0 atom stereocenters. The predicted octanol–water partition coefficient (Wildman–Crippen LogP) is 25.3. The highest BCUT2D eigenvalue weighted by Gasteiger charge is 2.05. The number of rotatable bonds is 64. The zero-order chi connectivity index (χ0) is 53.8. The highest BCUT2D eigenvalue weighted by atomic mass is 16.5. The molecule has 0 aliphatic heterocycles. The van der Waals surface area contributed by atoms with Crippen molar-refractivity contribution >= 4 is 11.9 Å². The van der Waals surface area contributed by atoms with Gasteiger partial charge in [0.1, 0.15) is 0 Å². The van der Waals surface area contributed by atoms with Gasteiger partial charge in [-0.05, 0) is 25.7 Å². The molecule has 0 aromatic rings. The van der Waals surface area contributed by atoms with E-state index < -0.39 is 0 Å². The van der Waals surface area contributed by atoms with Crippen molar-refractivity contribution in [2.24, 2.45) is 0 Å². The highest BCUT2D eigenvalue weighted by Crippen LogP contribution is 2.18. The van der Waals surface area contributed by atoms with E-state index in [0.717, 1.165) is 25.7 Å². The van der Waals surface area contributed by atoms with Gasteiger partial charge in [0.05, 0.1) is 13.2 Å². The zero-order valence-electron chi connectivity index (χ0n) is 51.9. The SMILES string of the molecule is CCCCCCCCCCCCCCCCCC(=O)OCCCCCCCCCCCCCCCC.CCCCCCCCCCCCCCCCCCOC(=O)CCCCCCCCCCCCCCCCC. The molecule has 0 amide bonds. The summed E-state index contributed by atoms with van der Waals surface area (Å²) >= 11 is 0. The maximum Gasteiger partial charge on any atom is 0.305 e. The zero-order valence-corrected chi connectivity index (χ0v) is 51.9. The van der Waals surface area contributed by atoms with E-state index in [0.29, 0.717) is 26.1 Å². The van der Waals surface area contributed by atoms with Crippen LogP contribution in [0.15, 0.2) is 0 Å². The normalized spacial score (nSPS) is 11.3. The number of hydrogen-bond donors (Lipinski definition) is 0. The van der Waals surface area contributed by atoms with Gasteiger partial charge in [-0.2, -0.15) is 0 Å². The summed E-state index contributed by atoms with van der Waals surface area (Å²) in [6, 6.07) is 0. The van der Waals surface area contributed by atoms with Crippen molar-refractivity contribution < 1.29 is 19.1 Å². The average molecular weight is 1050 g/mol. The fraction of sp³-hybridized carbons (Fsp3) is 0.971. The molecule has 0 rings (SSSR count). The van der Waals surface area contributed by atoms with Gasteiger partial charge in [-0.15, -0.1) is 0 Å². The Morgan fingerprint density at radius 3 is 0.446 bits per heavy atom. The minimum absolute atomic E-state index is 0.0272. The molecular weight excluding hydrogens is 905 g/mol. The monoisotopic (exact) mass is 1050 g/mol. The van der Waals surface area contributed by atoms with Crippen molar-refractivity contribution in [1.82, 2.24) is 0 Å². The van der Waals surface area contributed by atoms with E-state index in [4.69, 9.17) is 9.47 Å². The standard InChI is InChI=1S/C36H72O2.C34H68O2/c1-3-5-7-9-11-13-15-17-19-21-23-25-27-29-31-33-35-38-36(37)34-32-30-28-26-24-22-20-18-16-14-12-10-8-6-4-2;1-3-5-7-9-11-13-15-17-19-20-22-24-26-28-30-32-34(35)36-33-31-29-27-25-23-21-18-16-14-12-10-8-6-4-2/h3-35H2,1-2H3;3-33H2,1-2H3. The predicted molar refractivity (Wildman–Crippen MR) is 331 cm³/mol. The second-order valence-electron chi connectivity index (χ2n) is 23.7. The summed E-state index contributed by atoms with van der Waals surface area (Å²) in [7, 11) is 0. The maximum absolute atomic E-state index is 11.9. The van der Waals surface area contributed by atoms with Crippen molar-refractivity contribution in [2.45, 2.75) is 426 Å². The number of carbonyl (C=O) groups is 2. The molecule has 0 saturated heterocycles. The molecule has 0 unspecified atom stereocenters. The lowest BCUT2D eigenvalue weighted by molar-refractivity contribution is -0.144. The molecule has 0 spiro atoms. The number of hydrogen-bond acceptors (Lipinski definition) is 4. The van der Waals surface area contributed by atoms with E-state index >= 15 is 0 Å². The van der Waals surface area contributed by atoms with Crippen molar-refractivity contribution in [1.29, 1.82) is 0 Å². The van der Waals surface area contributed by atoms with Gasteiger partial charge < -0.3 is 9.47 Å². The van der Waals surface area contributed by atoms with Crippen LogP contribution in [0.5, 0.6) is 0 Å². The van der Waals surface area contributed by atoms with Gasteiger partial charge in [0.15, 0.2) is 0 Å². The van der Waals surface area contributed by atoms with Gasteiger partial charge in [0, 0.05) is 12.8 Å². The third-order valence-electron chi connectivity index (χ3n) is 16.0. The molecule has 0 aromatic heterocycles. The largest absolute Gasteiger partial charge is 0.466 e. The molecule has 0 N–H and O–H groups in total. The first-order valence-corrected chi connectivity index (χ1v) is 34.9. The molecule has 0 fully saturated rings. The van der Waals surface area contributed by atoms with Gasteiger partial charge in [-0.1, -0.05) is 387 Å². The minimum Gasteiger partial charge on any atom is -0.466 e. The number of esters is 2. The van der Waals surface area contributed by atoms with Crippen LogP contribution in [-0.2, 0) is 19.1 Å². The first-order chi connectivity index (χ1) is 36.6. The van der Waals surface area contributed by atoms with Crippen molar-refractivity contribution in [3.05, 3.63) is 0 Å². The van der Waals surface area contributed by atoms with Crippen LogP contribution in [0.25, 0.3) is 0 Å². The second-order valence-corrected chi connectivity index (χ2v) is 23.7. The summed E-state index contributed by atoms with van der Waals surface area (Å²) < 4.78 is 10.9. The number of carbonyl (C=O) groups excluding carboxylic acids is 2. The summed E-state index contributed by atoms with van der Waals surface area (Å²) in [6.45, 7) is 10.4. The summed E-state index contributed by atoms with van der Waals surface area (Å²) in [6.07, 6.45) is 83.2. The van der Waals surface area contributed by atoms with E-state index in [2.05, 4.69) is 27.7 Å². The van der Waals surface area contributed by atoms with Gasteiger partial charge >= 0.3 is 11.9 Å². The van der Waals surface area contributed by atoms with Crippen LogP contribution in [-0.4, -0.2) is 25.2 Å². The van der Waals surface area contributed by atoms with Gasteiger partial charge in [-0.3, -0.25) is 9.59 Å². The Bertz CT molecular complexity index is 959. The molecule has 4 nitrogen and oxygen atoms in total. The smallest absolute Gasteiger partial charge is 0.305 e. The molecule has 0 radical (unpaired) electrons. The fourth-order valence-corrected chi connectivity index (χ4v) is 10.7. The minimum atomic E-state index is 0.0272. The van der Waals surface area contributed by atoms with Crippen LogP contribution in [0.2, 0.25) is 0 Å². The Kier molecular flexibility index (Phi) is 72.9. The van der Waals surface area contributed by atoms with Gasteiger partial charge in [0.2, 0.25) is 0 Å². The summed E-state index contributed by atoms with van der Waals surface area (Å²) in [5.41, 5.74) is 0. The first-order valence-electron chi connectivity index (χ1n) is 34.9. The lowest BCUT2D eigenvalue weighted by Crippen LogP contribution is -2.05. The van der Waals surface area contributed by atoms with Crippen LogP contribution < -0.4 is 0 Å². The molecule has 444 valence electrons. The second kappa shape index (κ2) is 71.9. The van der Waals surface area contributed by atoms with E-state index in [1.807, 2.05) is 0 Å². The molecule has 4 heteroatoms. The Labute approximate surface area is 467 Å². The molecular formula is C70H140O4. The molecule has 0 aliphatic carbocycles. The molecule has 0 bridgehead atoms. The Morgan fingerprint density at radius 2 is 0.297 bits per heavy atom. The summed E-state index contributed by atoms with van der Waals surface area (Å²) in [5, 5.41) is 0. The molecule has 0 aliphatic rings. The van der Waals surface area contributed by atoms with E-state index in [1.165, 1.54) is 360 Å². The summed E-state index contributed by atoms with van der Waals surface area (Å²) in [5.74, 6) is 0.0556. The molecule has 0 aromatic carbocycles. The summed E-state index contributed by atoms with van der Waals surface area (Å²) in [4.78, 5) is 23.8. The third kappa shape index (κ3) is 73.0. The van der Waals surface area contributed by atoms with Crippen LogP contribution in [0.3, 0.4) is 0 Å². The molecule has 0 saturated carbocycles. The van der Waals surface area contributed by atoms with Gasteiger partial charge in [0.25, 0.3) is 0 Å². The van der Waals surface area contributed by atoms with E-state index in [1.54, 1.807) is 0 Å². The van der Waals surface area contributed by atoms with Crippen LogP contribution in [0.4, 0.5) is 0 Å². The number of unbranched alkanes of at least 4 members (excludes halogenated alkanes) is 56. The highest BCUT2D eigenvalue weighted by molar-refractivity contribution is 5.69. The first kappa shape index (κ1) is 75.0. The van der Waals surface area contributed by atoms with Crippen LogP contribution >= 0.6 is 0 Å². The lowest BCUT2D eigenvalue weighted by Gasteiger charge is -2.06. The number of ether oxygens (including phenoxy) is 2. The fourth-order valence-electron chi connectivity index (χ4n) is 10.7. The Morgan fingerprint density at radius 1 is 0.176 bits per heavy atom. The third-order valence-corrected chi connectivity index (χ3v) is 16.0. The quantitative estimate of drug-likeness (QED) is 0.0450. The van der Waals surface area contributed by atoms with Crippen LogP contribution in [0.1, 0.15) is 426 Å². The van der Waals surface area contributed by atoms with Crippen molar-refractivity contribution in [3.8, 4) is 0 Å². The maximum atomic E-state index is 11.9. The van der Waals surface area contributed by atoms with E-state index in [9.17, 15) is 9.59 Å². The average Bonchev–Trinajstić information content (AvgIpc) is 3.40. The van der Waals surface area contributed by atoms with Crippen molar-refractivity contribution in [2.75, 3.05) is 13.2 Å². The molecule has 0 heterocycles.